The monoisotopic (exact) mass is 453 g/mol. The van der Waals surface area contributed by atoms with Gasteiger partial charge in [0, 0.05) is 24.7 Å². The Morgan fingerprint density at radius 3 is 2.75 bits per heavy atom. The zero-order valence-electron chi connectivity index (χ0n) is 16.8. The van der Waals surface area contributed by atoms with Gasteiger partial charge in [-0.05, 0) is 31.2 Å². The average Bonchev–Trinajstić information content (AvgIpc) is 3.15. The number of hydrogen-bond acceptors (Lipinski definition) is 7. The molecule has 0 atom stereocenters. The second kappa shape index (κ2) is 7.65. The van der Waals surface area contributed by atoms with Crippen molar-refractivity contribution in [2.45, 2.75) is 6.92 Å². The van der Waals surface area contributed by atoms with E-state index >= 15 is 4.39 Å². The van der Waals surface area contributed by atoms with E-state index in [2.05, 4.69) is 30.6 Å². The number of nitrogens with zero attached hydrogens (tertiary/aromatic N) is 6. The van der Waals surface area contributed by atoms with Gasteiger partial charge in [-0.1, -0.05) is 16.8 Å². The van der Waals surface area contributed by atoms with Gasteiger partial charge < -0.3 is 10.1 Å². The molecule has 32 heavy (non-hydrogen) atoms. The average molecular weight is 454 g/mol. The molecule has 0 bridgehead atoms. The molecule has 0 unspecified atom stereocenters. The topological polar surface area (TPSA) is 90.6 Å². The van der Waals surface area contributed by atoms with E-state index in [4.69, 9.17) is 16.3 Å². The quantitative estimate of drug-likeness (QED) is 0.379. The number of pyridine rings is 1. The van der Waals surface area contributed by atoms with E-state index in [1.54, 1.807) is 32.2 Å². The molecule has 0 amide bonds. The molecule has 3 heterocycles. The second-order valence-corrected chi connectivity index (χ2v) is 7.37. The standard InChI is InChI=1S/C21H14ClF2N7O/c1-10-16(32-11-7-12(23)20-15(8-11)29-30-31(20)2)5-3-13(18(10)24)27-21-19-14(25-9-26-21)4-6-17(22)28-19/h3-9H,1-2H3,(H,25,26,27). The molecule has 0 saturated heterocycles. The van der Waals surface area contributed by atoms with Crippen LogP contribution in [0.15, 0.2) is 42.7 Å². The number of halogens is 3. The zero-order chi connectivity index (χ0) is 22.4. The molecule has 2 aromatic carbocycles. The predicted molar refractivity (Wildman–Crippen MR) is 115 cm³/mol. The molecular weight excluding hydrogens is 440 g/mol. The van der Waals surface area contributed by atoms with Crippen LogP contribution >= 0.6 is 11.6 Å². The number of ether oxygens (including phenoxy) is 1. The van der Waals surface area contributed by atoms with E-state index in [1.165, 1.54) is 29.2 Å². The molecule has 3 aromatic heterocycles. The summed E-state index contributed by atoms with van der Waals surface area (Å²) < 4.78 is 36.6. The highest BCUT2D eigenvalue weighted by molar-refractivity contribution is 6.29. The van der Waals surface area contributed by atoms with E-state index in [1.807, 2.05) is 0 Å². The molecule has 0 aliphatic heterocycles. The highest BCUT2D eigenvalue weighted by Gasteiger charge is 2.16. The van der Waals surface area contributed by atoms with Crippen molar-refractivity contribution in [2.75, 3.05) is 5.32 Å². The lowest BCUT2D eigenvalue weighted by Crippen LogP contribution is -2.02. The Labute approximate surface area is 184 Å². The van der Waals surface area contributed by atoms with Crippen LogP contribution in [-0.4, -0.2) is 29.9 Å². The Morgan fingerprint density at radius 2 is 1.91 bits per heavy atom. The van der Waals surface area contributed by atoms with Crippen molar-refractivity contribution >= 4 is 45.2 Å². The molecule has 0 aliphatic rings. The van der Waals surface area contributed by atoms with Crippen molar-refractivity contribution in [1.82, 2.24) is 29.9 Å². The fourth-order valence-corrected chi connectivity index (χ4v) is 3.46. The molecule has 0 spiro atoms. The van der Waals surface area contributed by atoms with Crippen LogP contribution in [0, 0.1) is 18.6 Å². The predicted octanol–water partition coefficient (Wildman–Crippen LogP) is 5.08. The van der Waals surface area contributed by atoms with E-state index in [-0.39, 0.29) is 33.4 Å². The first kappa shape index (κ1) is 20.0. The van der Waals surface area contributed by atoms with Gasteiger partial charge in [0.05, 0.1) is 11.2 Å². The number of aromatic nitrogens is 6. The van der Waals surface area contributed by atoms with Crippen LogP contribution in [-0.2, 0) is 7.05 Å². The van der Waals surface area contributed by atoms with Crippen LogP contribution < -0.4 is 10.1 Å². The number of aryl methyl sites for hydroxylation is 1. The largest absolute Gasteiger partial charge is 0.457 e. The summed E-state index contributed by atoms with van der Waals surface area (Å²) in [6, 6.07) is 9.12. The lowest BCUT2D eigenvalue weighted by molar-refractivity contribution is 0.468. The van der Waals surface area contributed by atoms with Crippen molar-refractivity contribution in [3.63, 3.8) is 0 Å². The third-order valence-electron chi connectivity index (χ3n) is 4.89. The highest BCUT2D eigenvalue weighted by atomic mass is 35.5. The lowest BCUT2D eigenvalue weighted by Gasteiger charge is -2.14. The van der Waals surface area contributed by atoms with Gasteiger partial charge in [0.15, 0.2) is 17.5 Å². The molecule has 11 heteroatoms. The molecule has 5 rings (SSSR count). The first-order valence-corrected chi connectivity index (χ1v) is 9.78. The van der Waals surface area contributed by atoms with Gasteiger partial charge in [-0.25, -0.2) is 28.4 Å². The van der Waals surface area contributed by atoms with E-state index in [0.29, 0.717) is 22.4 Å². The van der Waals surface area contributed by atoms with Crippen LogP contribution in [0.25, 0.3) is 22.1 Å². The summed E-state index contributed by atoms with van der Waals surface area (Å²) in [5.41, 5.74) is 1.94. The summed E-state index contributed by atoms with van der Waals surface area (Å²) in [6.07, 6.45) is 1.35. The van der Waals surface area contributed by atoms with Crippen LogP contribution in [0.4, 0.5) is 20.3 Å². The number of nitrogens with one attached hydrogen (secondary N) is 1. The molecule has 0 fully saturated rings. The Bertz CT molecular complexity index is 1510. The van der Waals surface area contributed by atoms with Gasteiger partial charge in [0.1, 0.15) is 39.5 Å². The number of benzene rings is 2. The van der Waals surface area contributed by atoms with Crippen LogP contribution in [0.5, 0.6) is 11.5 Å². The summed E-state index contributed by atoms with van der Waals surface area (Å²) >= 11 is 5.98. The van der Waals surface area contributed by atoms with Gasteiger partial charge in [0.2, 0.25) is 0 Å². The van der Waals surface area contributed by atoms with Crippen molar-refractivity contribution in [3.05, 3.63) is 65.1 Å². The third-order valence-corrected chi connectivity index (χ3v) is 5.10. The molecule has 0 saturated carbocycles. The minimum atomic E-state index is -0.558. The smallest absolute Gasteiger partial charge is 0.160 e. The minimum Gasteiger partial charge on any atom is -0.457 e. The van der Waals surface area contributed by atoms with E-state index in [0.717, 1.165) is 0 Å². The Balaban J connectivity index is 1.47. The Kier molecular flexibility index (Phi) is 4.78. The molecule has 8 nitrogen and oxygen atoms in total. The Morgan fingerprint density at radius 1 is 1.06 bits per heavy atom. The number of anilines is 2. The molecular formula is C21H14ClF2N7O. The van der Waals surface area contributed by atoms with Gasteiger partial charge in [0.25, 0.3) is 0 Å². The van der Waals surface area contributed by atoms with Gasteiger partial charge in [-0.3, -0.25) is 0 Å². The molecule has 1 N–H and O–H groups in total. The SMILES string of the molecule is Cc1c(Oc2cc(F)c3c(c2)nnn3C)ccc(Nc2ncnc3ccc(Cl)nc23)c1F. The summed E-state index contributed by atoms with van der Waals surface area (Å²) in [6.45, 7) is 1.56. The minimum absolute atomic E-state index is 0.159. The number of hydrogen-bond donors (Lipinski definition) is 1. The van der Waals surface area contributed by atoms with Crippen LogP contribution in [0.1, 0.15) is 5.56 Å². The maximum atomic E-state index is 15.1. The fraction of sp³-hybridized carbons (Fsp3) is 0.0952. The maximum Gasteiger partial charge on any atom is 0.160 e. The third kappa shape index (κ3) is 3.44. The molecule has 0 aliphatic carbocycles. The van der Waals surface area contributed by atoms with Crippen LogP contribution in [0.3, 0.4) is 0 Å². The second-order valence-electron chi connectivity index (χ2n) is 6.99. The number of rotatable bonds is 4. The Hall–Kier alpha value is -3.92. The van der Waals surface area contributed by atoms with E-state index < -0.39 is 11.6 Å². The number of fused-ring (bicyclic) bond motifs is 2. The van der Waals surface area contributed by atoms with Gasteiger partial charge in [-0.2, -0.15) is 0 Å². The first-order valence-electron chi connectivity index (χ1n) is 9.41. The van der Waals surface area contributed by atoms with Crippen molar-refractivity contribution in [1.29, 1.82) is 0 Å². The highest BCUT2D eigenvalue weighted by Crippen LogP contribution is 2.34. The fourth-order valence-electron chi connectivity index (χ4n) is 3.31. The zero-order valence-corrected chi connectivity index (χ0v) is 17.5. The summed E-state index contributed by atoms with van der Waals surface area (Å²) in [7, 11) is 1.59. The first-order chi connectivity index (χ1) is 15.4. The van der Waals surface area contributed by atoms with Crippen LogP contribution in [0.2, 0.25) is 5.15 Å². The maximum absolute atomic E-state index is 15.1. The van der Waals surface area contributed by atoms with E-state index in [9.17, 15) is 4.39 Å². The van der Waals surface area contributed by atoms with Crippen molar-refractivity contribution in [3.8, 4) is 11.5 Å². The van der Waals surface area contributed by atoms with Crippen molar-refractivity contribution < 1.29 is 13.5 Å². The lowest BCUT2D eigenvalue weighted by atomic mass is 10.1. The molecule has 0 radical (unpaired) electrons. The summed E-state index contributed by atoms with van der Waals surface area (Å²) in [5, 5.41) is 10.9. The molecule has 5 aromatic rings. The van der Waals surface area contributed by atoms with Gasteiger partial charge >= 0.3 is 0 Å². The summed E-state index contributed by atoms with van der Waals surface area (Å²) in [4.78, 5) is 12.5. The van der Waals surface area contributed by atoms with Gasteiger partial charge in [-0.15, -0.1) is 5.10 Å². The normalized spacial score (nSPS) is 11.3. The summed E-state index contributed by atoms with van der Waals surface area (Å²) in [5.74, 6) is -0.385. The molecule has 160 valence electrons. The van der Waals surface area contributed by atoms with Crippen molar-refractivity contribution in [2.24, 2.45) is 7.05 Å².